The highest BCUT2D eigenvalue weighted by Gasteiger charge is 2.35. The minimum Gasteiger partial charge on any atom is -0.374 e. The lowest BCUT2D eigenvalue weighted by atomic mass is 9.98. The molecule has 2 fully saturated rings. The summed E-state index contributed by atoms with van der Waals surface area (Å²) in [5, 5.41) is 8.21. The molecule has 0 spiro atoms. The number of aryl methyl sites for hydroxylation is 2. The monoisotopic (exact) mass is 278 g/mol. The first kappa shape index (κ1) is 14.0. The van der Waals surface area contributed by atoms with Crippen LogP contribution < -0.4 is 5.32 Å². The third kappa shape index (κ3) is 2.90. The predicted molar refractivity (Wildman–Crippen MR) is 78.7 cm³/mol. The molecule has 1 saturated heterocycles. The standard InChI is InChI=1S/C15H26N4O/c1-4-13-12(10-19(3)17-13)15-14(9-16-11-5-6-11)20-8-7-18(15)2/h10-11,14-16H,4-9H2,1-3H3. The van der Waals surface area contributed by atoms with Crippen LogP contribution in [0.1, 0.15) is 37.1 Å². The Morgan fingerprint density at radius 1 is 1.40 bits per heavy atom. The van der Waals surface area contributed by atoms with Crippen molar-refractivity contribution in [3.05, 3.63) is 17.5 Å². The first-order valence-electron chi connectivity index (χ1n) is 7.76. The van der Waals surface area contributed by atoms with Gasteiger partial charge in [-0.2, -0.15) is 5.10 Å². The second-order valence-corrected chi connectivity index (χ2v) is 6.08. The van der Waals surface area contributed by atoms with E-state index in [2.05, 4.69) is 35.5 Å². The van der Waals surface area contributed by atoms with Crippen LogP contribution in [0.25, 0.3) is 0 Å². The molecular weight excluding hydrogens is 252 g/mol. The number of aromatic nitrogens is 2. The quantitative estimate of drug-likeness (QED) is 0.876. The molecule has 3 rings (SSSR count). The molecule has 0 radical (unpaired) electrons. The van der Waals surface area contributed by atoms with Crippen molar-refractivity contribution in [3.63, 3.8) is 0 Å². The minimum absolute atomic E-state index is 0.226. The average Bonchev–Trinajstić information content (AvgIpc) is 3.18. The van der Waals surface area contributed by atoms with E-state index in [0.717, 1.165) is 32.2 Å². The van der Waals surface area contributed by atoms with Crippen LogP contribution in [-0.2, 0) is 18.2 Å². The zero-order valence-electron chi connectivity index (χ0n) is 12.8. The fraction of sp³-hybridized carbons (Fsp3) is 0.800. The van der Waals surface area contributed by atoms with Crippen molar-refractivity contribution >= 4 is 0 Å². The van der Waals surface area contributed by atoms with Gasteiger partial charge in [0.05, 0.1) is 24.4 Å². The van der Waals surface area contributed by atoms with Crippen LogP contribution in [0.15, 0.2) is 6.20 Å². The lowest BCUT2D eigenvalue weighted by Crippen LogP contribution is -2.48. The van der Waals surface area contributed by atoms with E-state index in [1.54, 1.807) is 0 Å². The molecule has 2 aliphatic rings. The van der Waals surface area contributed by atoms with E-state index in [9.17, 15) is 0 Å². The maximum atomic E-state index is 6.06. The molecule has 1 aromatic heterocycles. The van der Waals surface area contributed by atoms with Gasteiger partial charge in [0.25, 0.3) is 0 Å². The normalized spacial score (nSPS) is 27.9. The Bertz CT molecular complexity index is 455. The number of morpholine rings is 1. The van der Waals surface area contributed by atoms with Crippen LogP contribution in [0.5, 0.6) is 0 Å². The molecule has 1 saturated carbocycles. The molecule has 20 heavy (non-hydrogen) atoms. The SMILES string of the molecule is CCc1nn(C)cc1C1C(CNC2CC2)OCCN1C. The first-order chi connectivity index (χ1) is 9.69. The summed E-state index contributed by atoms with van der Waals surface area (Å²) in [5.41, 5.74) is 2.53. The van der Waals surface area contributed by atoms with Crippen molar-refractivity contribution in [2.24, 2.45) is 7.05 Å². The van der Waals surface area contributed by atoms with Crippen molar-refractivity contribution in [2.75, 3.05) is 26.7 Å². The fourth-order valence-corrected chi connectivity index (χ4v) is 3.12. The Hall–Kier alpha value is -0.910. The van der Waals surface area contributed by atoms with E-state index in [1.165, 1.54) is 24.1 Å². The molecule has 0 bridgehead atoms. The summed E-state index contributed by atoms with van der Waals surface area (Å²) < 4.78 is 7.99. The third-order valence-electron chi connectivity index (χ3n) is 4.38. The largest absolute Gasteiger partial charge is 0.374 e. The van der Waals surface area contributed by atoms with Gasteiger partial charge in [0.15, 0.2) is 0 Å². The molecule has 5 heteroatoms. The number of nitrogens with one attached hydrogen (secondary N) is 1. The lowest BCUT2D eigenvalue weighted by Gasteiger charge is -2.39. The Kier molecular flexibility index (Phi) is 4.10. The minimum atomic E-state index is 0.226. The van der Waals surface area contributed by atoms with Crippen LogP contribution in [-0.4, -0.2) is 53.6 Å². The van der Waals surface area contributed by atoms with Gasteiger partial charge in [0, 0.05) is 37.9 Å². The molecule has 1 aliphatic heterocycles. The highest BCUT2D eigenvalue weighted by atomic mass is 16.5. The van der Waals surface area contributed by atoms with Crippen LogP contribution >= 0.6 is 0 Å². The Labute approximate surface area is 121 Å². The van der Waals surface area contributed by atoms with E-state index < -0.39 is 0 Å². The van der Waals surface area contributed by atoms with Gasteiger partial charge >= 0.3 is 0 Å². The number of rotatable bonds is 5. The highest BCUT2D eigenvalue weighted by molar-refractivity contribution is 5.23. The van der Waals surface area contributed by atoms with Crippen molar-refractivity contribution in [2.45, 2.75) is 44.4 Å². The number of likely N-dealkylation sites (N-methyl/N-ethyl adjacent to an activating group) is 1. The summed E-state index contributed by atoms with van der Waals surface area (Å²) in [4.78, 5) is 2.42. The van der Waals surface area contributed by atoms with Crippen LogP contribution in [0.4, 0.5) is 0 Å². The second kappa shape index (κ2) is 5.84. The van der Waals surface area contributed by atoms with Crippen molar-refractivity contribution < 1.29 is 4.74 Å². The molecule has 5 nitrogen and oxygen atoms in total. The third-order valence-corrected chi connectivity index (χ3v) is 4.38. The first-order valence-corrected chi connectivity index (χ1v) is 7.76. The zero-order valence-corrected chi connectivity index (χ0v) is 12.8. The molecular formula is C15H26N4O. The van der Waals surface area contributed by atoms with Gasteiger partial charge in [0.2, 0.25) is 0 Å². The highest BCUT2D eigenvalue weighted by Crippen LogP contribution is 2.31. The topological polar surface area (TPSA) is 42.3 Å². The molecule has 2 unspecified atom stereocenters. The molecule has 1 N–H and O–H groups in total. The van der Waals surface area contributed by atoms with E-state index in [1.807, 2.05) is 11.7 Å². The Morgan fingerprint density at radius 2 is 2.20 bits per heavy atom. The number of hydrogen-bond acceptors (Lipinski definition) is 4. The summed E-state index contributed by atoms with van der Waals surface area (Å²) in [6.07, 6.45) is 6.01. The second-order valence-electron chi connectivity index (χ2n) is 6.08. The Morgan fingerprint density at radius 3 is 2.90 bits per heavy atom. The van der Waals surface area contributed by atoms with Gasteiger partial charge in [-0.15, -0.1) is 0 Å². The molecule has 0 aromatic carbocycles. The number of ether oxygens (including phenoxy) is 1. The van der Waals surface area contributed by atoms with Gasteiger partial charge < -0.3 is 10.1 Å². The maximum absolute atomic E-state index is 6.06. The van der Waals surface area contributed by atoms with E-state index in [0.29, 0.717) is 6.04 Å². The summed E-state index contributed by atoms with van der Waals surface area (Å²) in [7, 11) is 4.20. The molecule has 0 amide bonds. The van der Waals surface area contributed by atoms with Crippen LogP contribution in [0.3, 0.4) is 0 Å². The predicted octanol–water partition coefficient (Wildman–Crippen LogP) is 1.11. The van der Waals surface area contributed by atoms with Crippen molar-refractivity contribution in [1.82, 2.24) is 20.0 Å². The van der Waals surface area contributed by atoms with Gasteiger partial charge in [-0.05, 0) is 26.3 Å². The molecule has 2 heterocycles. The van der Waals surface area contributed by atoms with Crippen LogP contribution in [0.2, 0.25) is 0 Å². The summed E-state index contributed by atoms with van der Waals surface area (Å²) in [5.74, 6) is 0. The number of hydrogen-bond donors (Lipinski definition) is 1. The van der Waals surface area contributed by atoms with Gasteiger partial charge in [-0.25, -0.2) is 0 Å². The molecule has 112 valence electrons. The summed E-state index contributed by atoms with van der Waals surface area (Å²) >= 11 is 0. The van der Waals surface area contributed by atoms with Gasteiger partial charge in [-0.1, -0.05) is 6.92 Å². The van der Waals surface area contributed by atoms with E-state index in [-0.39, 0.29) is 6.10 Å². The van der Waals surface area contributed by atoms with Gasteiger partial charge in [0.1, 0.15) is 0 Å². The lowest BCUT2D eigenvalue weighted by molar-refractivity contribution is -0.0617. The fourth-order valence-electron chi connectivity index (χ4n) is 3.12. The van der Waals surface area contributed by atoms with Gasteiger partial charge in [-0.3, -0.25) is 9.58 Å². The smallest absolute Gasteiger partial charge is 0.0897 e. The van der Waals surface area contributed by atoms with Crippen molar-refractivity contribution in [3.8, 4) is 0 Å². The molecule has 2 atom stereocenters. The maximum Gasteiger partial charge on any atom is 0.0897 e. The zero-order chi connectivity index (χ0) is 14.1. The van der Waals surface area contributed by atoms with Crippen molar-refractivity contribution in [1.29, 1.82) is 0 Å². The average molecular weight is 278 g/mol. The summed E-state index contributed by atoms with van der Waals surface area (Å²) in [6, 6.07) is 1.05. The molecule has 1 aliphatic carbocycles. The van der Waals surface area contributed by atoms with E-state index in [4.69, 9.17) is 4.74 Å². The van der Waals surface area contributed by atoms with E-state index >= 15 is 0 Å². The number of nitrogens with zero attached hydrogens (tertiary/aromatic N) is 3. The van der Waals surface area contributed by atoms with Crippen LogP contribution in [0, 0.1) is 0 Å². The summed E-state index contributed by atoms with van der Waals surface area (Å²) in [6.45, 7) is 4.93. The Balaban J connectivity index is 1.80. The molecule has 1 aromatic rings.